The number of fused-ring (bicyclic) bond motifs is 2. The number of hydrogen-bond acceptors (Lipinski definition) is 3. The highest BCUT2D eigenvalue weighted by Crippen LogP contribution is 2.40. The highest BCUT2D eigenvalue weighted by Gasteiger charge is 2.26. The van der Waals surface area contributed by atoms with E-state index >= 15 is 0 Å². The van der Waals surface area contributed by atoms with Crippen LogP contribution in [-0.2, 0) is 25.7 Å². The van der Waals surface area contributed by atoms with E-state index in [2.05, 4.69) is 23.6 Å². The number of urea groups is 1. The van der Waals surface area contributed by atoms with Gasteiger partial charge in [-0.15, -0.1) is 0 Å². The molecule has 5 nitrogen and oxygen atoms in total. The molecule has 2 aliphatic rings. The maximum absolute atomic E-state index is 12.1. The number of rotatable bonds is 5. The molecular weight excluding hydrogens is 328 g/mol. The van der Waals surface area contributed by atoms with E-state index < -0.39 is 0 Å². The van der Waals surface area contributed by atoms with Crippen molar-refractivity contribution in [2.45, 2.75) is 32.6 Å². The van der Waals surface area contributed by atoms with Crippen LogP contribution >= 0.6 is 0 Å². The fourth-order valence-electron chi connectivity index (χ4n) is 3.65. The molecule has 2 heterocycles. The second-order valence-electron chi connectivity index (χ2n) is 6.70. The molecule has 0 atom stereocenters. The Hall–Kier alpha value is -2.69. The van der Waals surface area contributed by atoms with Crippen molar-refractivity contribution in [2.24, 2.45) is 0 Å². The van der Waals surface area contributed by atoms with E-state index in [0.29, 0.717) is 6.54 Å². The average molecular weight is 352 g/mol. The Morgan fingerprint density at radius 1 is 1.12 bits per heavy atom. The molecule has 2 aromatic carbocycles. The molecule has 0 aliphatic carbocycles. The molecule has 0 saturated carbocycles. The standard InChI is InChI=1S/C21H24N2O3/c1-2-14-3-5-16(6-4-14)23-21(24)22-10-7-18-17-9-12-25-19(17)13-15-8-11-26-20(15)18/h3-6,13H,2,7-12H2,1H3,(H2,22,23,24). The molecular formula is C21H24N2O3. The zero-order valence-corrected chi connectivity index (χ0v) is 15.1. The van der Waals surface area contributed by atoms with Crippen molar-refractivity contribution in [3.05, 3.63) is 52.6 Å². The quantitative estimate of drug-likeness (QED) is 0.866. The molecule has 2 N–H and O–H groups in total. The van der Waals surface area contributed by atoms with Crippen molar-refractivity contribution in [3.8, 4) is 11.5 Å². The van der Waals surface area contributed by atoms with Crippen LogP contribution in [0.3, 0.4) is 0 Å². The number of ether oxygens (including phenoxy) is 2. The van der Waals surface area contributed by atoms with Crippen LogP contribution in [0.15, 0.2) is 30.3 Å². The summed E-state index contributed by atoms with van der Waals surface area (Å²) in [6, 6.07) is 9.86. The van der Waals surface area contributed by atoms with E-state index in [9.17, 15) is 4.79 Å². The van der Waals surface area contributed by atoms with Crippen LogP contribution in [-0.4, -0.2) is 25.8 Å². The van der Waals surface area contributed by atoms with E-state index in [1.165, 1.54) is 22.3 Å². The van der Waals surface area contributed by atoms with Crippen LogP contribution < -0.4 is 20.1 Å². The molecule has 0 fully saturated rings. The maximum atomic E-state index is 12.1. The van der Waals surface area contributed by atoms with Gasteiger partial charge in [-0.05, 0) is 36.6 Å². The first-order valence-corrected chi connectivity index (χ1v) is 9.31. The molecule has 26 heavy (non-hydrogen) atoms. The summed E-state index contributed by atoms with van der Waals surface area (Å²) in [4.78, 5) is 12.1. The molecule has 0 saturated heterocycles. The summed E-state index contributed by atoms with van der Waals surface area (Å²) in [5.74, 6) is 2.00. The van der Waals surface area contributed by atoms with Gasteiger partial charge < -0.3 is 20.1 Å². The lowest BCUT2D eigenvalue weighted by Crippen LogP contribution is -2.30. The highest BCUT2D eigenvalue weighted by atomic mass is 16.5. The fraction of sp³-hybridized carbons (Fsp3) is 0.381. The summed E-state index contributed by atoms with van der Waals surface area (Å²) in [6.45, 7) is 4.13. The Bertz CT molecular complexity index is 783. The predicted molar refractivity (Wildman–Crippen MR) is 101 cm³/mol. The van der Waals surface area contributed by atoms with Gasteiger partial charge >= 0.3 is 6.03 Å². The van der Waals surface area contributed by atoms with E-state index in [0.717, 1.165) is 56.1 Å². The minimum Gasteiger partial charge on any atom is -0.493 e. The first-order valence-electron chi connectivity index (χ1n) is 9.31. The Labute approximate surface area is 153 Å². The predicted octanol–water partition coefficient (Wildman–Crippen LogP) is 3.48. The van der Waals surface area contributed by atoms with Gasteiger partial charge in [0.25, 0.3) is 0 Å². The zero-order valence-electron chi connectivity index (χ0n) is 15.1. The van der Waals surface area contributed by atoms with Gasteiger partial charge in [0.2, 0.25) is 0 Å². The van der Waals surface area contributed by atoms with Crippen LogP contribution in [0.1, 0.15) is 29.2 Å². The van der Waals surface area contributed by atoms with Gasteiger partial charge in [0, 0.05) is 41.8 Å². The summed E-state index contributed by atoms with van der Waals surface area (Å²) in [7, 11) is 0. The SMILES string of the molecule is CCc1ccc(NC(=O)NCCc2c3c(cc4c2OCC4)OCC3)cc1. The minimum absolute atomic E-state index is 0.185. The third kappa shape index (κ3) is 3.34. The molecule has 0 aromatic heterocycles. The van der Waals surface area contributed by atoms with Gasteiger partial charge in [-0.3, -0.25) is 0 Å². The molecule has 0 bridgehead atoms. The summed E-state index contributed by atoms with van der Waals surface area (Å²) < 4.78 is 11.6. The molecule has 136 valence electrons. The van der Waals surface area contributed by atoms with Crippen molar-refractivity contribution >= 4 is 11.7 Å². The number of hydrogen-bond donors (Lipinski definition) is 2. The molecule has 2 aliphatic heterocycles. The summed E-state index contributed by atoms with van der Waals surface area (Å²) >= 11 is 0. The summed E-state index contributed by atoms with van der Waals surface area (Å²) in [5, 5.41) is 5.82. The van der Waals surface area contributed by atoms with E-state index in [-0.39, 0.29) is 6.03 Å². The van der Waals surface area contributed by atoms with Crippen LogP contribution in [0.25, 0.3) is 0 Å². The Morgan fingerprint density at radius 2 is 1.92 bits per heavy atom. The normalized spacial score (nSPS) is 14.2. The van der Waals surface area contributed by atoms with Gasteiger partial charge in [0.15, 0.2) is 0 Å². The van der Waals surface area contributed by atoms with E-state index in [4.69, 9.17) is 9.47 Å². The number of nitrogens with one attached hydrogen (secondary N) is 2. The summed E-state index contributed by atoms with van der Waals surface area (Å²) in [6.07, 6.45) is 3.58. The van der Waals surface area contributed by atoms with Crippen molar-refractivity contribution in [1.82, 2.24) is 5.32 Å². The van der Waals surface area contributed by atoms with Gasteiger partial charge in [-0.1, -0.05) is 19.1 Å². The smallest absolute Gasteiger partial charge is 0.319 e. The zero-order chi connectivity index (χ0) is 17.9. The number of carbonyl (C=O) groups is 1. The lowest BCUT2D eigenvalue weighted by Gasteiger charge is -2.14. The number of amides is 2. The third-order valence-corrected chi connectivity index (χ3v) is 5.04. The lowest BCUT2D eigenvalue weighted by atomic mass is 9.97. The minimum atomic E-state index is -0.185. The maximum Gasteiger partial charge on any atom is 0.319 e. The third-order valence-electron chi connectivity index (χ3n) is 5.04. The van der Waals surface area contributed by atoms with Crippen LogP contribution in [0.5, 0.6) is 11.5 Å². The second kappa shape index (κ2) is 7.28. The van der Waals surface area contributed by atoms with E-state index in [1.807, 2.05) is 24.3 Å². The lowest BCUT2D eigenvalue weighted by molar-refractivity contribution is 0.252. The summed E-state index contributed by atoms with van der Waals surface area (Å²) in [5.41, 5.74) is 5.71. The Morgan fingerprint density at radius 3 is 2.73 bits per heavy atom. The molecule has 0 unspecified atom stereocenters. The molecule has 5 heteroatoms. The molecule has 2 amide bonds. The van der Waals surface area contributed by atoms with Gasteiger partial charge in [-0.2, -0.15) is 0 Å². The van der Waals surface area contributed by atoms with Crippen molar-refractivity contribution in [2.75, 3.05) is 25.1 Å². The second-order valence-corrected chi connectivity index (χ2v) is 6.70. The van der Waals surface area contributed by atoms with Crippen LogP contribution in [0.4, 0.5) is 10.5 Å². The topological polar surface area (TPSA) is 59.6 Å². The fourth-order valence-corrected chi connectivity index (χ4v) is 3.65. The largest absolute Gasteiger partial charge is 0.493 e. The van der Waals surface area contributed by atoms with Crippen molar-refractivity contribution in [3.63, 3.8) is 0 Å². The van der Waals surface area contributed by atoms with Crippen molar-refractivity contribution < 1.29 is 14.3 Å². The van der Waals surface area contributed by atoms with Crippen LogP contribution in [0.2, 0.25) is 0 Å². The molecule has 2 aromatic rings. The first-order chi connectivity index (χ1) is 12.7. The number of carbonyl (C=O) groups excluding carboxylic acids is 1. The Kier molecular flexibility index (Phi) is 4.69. The van der Waals surface area contributed by atoms with Crippen molar-refractivity contribution in [1.29, 1.82) is 0 Å². The molecule has 4 rings (SSSR count). The average Bonchev–Trinajstić information content (AvgIpc) is 3.30. The van der Waals surface area contributed by atoms with Gasteiger partial charge in [0.05, 0.1) is 13.2 Å². The number of benzene rings is 2. The number of anilines is 1. The van der Waals surface area contributed by atoms with E-state index in [1.54, 1.807) is 0 Å². The van der Waals surface area contributed by atoms with Crippen LogP contribution in [0, 0.1) is 0 Å². The van der Waals surface area contributed by atoms with Gasteiger partial charge in [0.1, 0.15) is 11.5 Å². The number of aryl methyl sites for hydroxylation is 1. The first kappa shape index (κ1) is 16.8. The Balaban J connectivity index is 1.37. The monoisotopic (exact) mass is 352 g/mol. The molecule has 0 spiro atoms. The van der Waals surface area contributed by atoms with Gasteiger partial charge in [-0.25, -0.2) is 4.79 Å². The molecule has 0 radical (unpaired) electrons. The highest BCUT2D eigenvalue weighted by molar-refractivity contribution is 5.89.